The summed E-state index contributed by atoms with van der Waals surface area (Å²) in [6.45, 7) is 0. The Morgan fingerprint density at radius 2 is 0.545 bits per heavy atom. The lowest BCUT2D eigenvalue weighted by Crippen LogP contribution is -2.52. The number of azo groups is 1. The van der Waals surface area contributed by atoms with Gasteiger partial charge in [-0.05, 0) is 0 Å². The van der Waals surface area contributed by atoms with Crippen LogP contribution in [0.5, 0.6) is 0 Å². The first kappa shape index (κ1) is 20.6. The zero-order chi connectivity index (χ0) is 18.4. The van der Waals surface area contributed by atoms with Gasteiger partial charge in [0.1, 0.15) is 0 Å². The first-order valence-corrected chi connectivity index (χ1v) is 4.29. The molecule has 0 aromatic rings. The molecule has 0 amide bonds. The maximum Gasteiger partial charge on any atom is 0.462 e. The van der Waals surface area contributed by atoms with E-state index >= 15 is 0 Å². The monoisotopic (exact) mass is 366 g/mol. The van der Waals surface area contributed by atoms with Gasteiger partial charge in [-0.2, -0.15) is 61.5 Å². The van der Waals surface area contributed by atoms with Crippen LogP contribution >= 0.6 is 0 Å². The summed E-state index contributed by atoms with van der Waals surface area (Å²) in [5, 5.41) is 0.675. The van der Waals surface area contributed by atoms with Gasteiger partial charge >= 0.3 is 36.3 Å². The summed E-state index contributed by atoms with van der Waals surface area (Å²) in [4.78, 5) is 0. The molecule has 0 aliphatic rings. The Kier molecular flexibility index (Phi) is 4.75. The van der Waals surface area contributed by atoms with Gasteiger partial charge in [0.2, 0.25) is 0 Å². The number of alkyl halides is 14. The Balaban J connectivity index is 5.69. The number of halogens is 14. The summed E-state index contributed by atoms with van der Waals surface area (Å²) in [6.07, 6.45) is -14.1. The van der Waals surface area contributed by atoms with Crippen LogP contribution in [-0.2, 0) is 0 Å². The molecule has 0 unspecified atom stereocenters. The molecule has 2 nitrogen and oxygen atoms in total. The maximum atomic E-state index is 12.3. The molecule has 0 saturated carbocycles. The van der Waals surface area contributed by atoms with Crippen LogP contribution in [0.15, 0.2) is 10.2 Å². The van der Waals surface area contributed by atoms with E-state index in [-0.39, 0.29) is 0 Å². The van der Waals surface area contributed by atoms with Crippen LogP contribution in [0.4, 0.5) is 61.5 Å². The Morgan fingerprint density at radius 1 is 0.364 bits per heavy atom. The van der Waals surface area contributed by atoms with E-state index in [1.165, 1.54) is 0 Å². The first-order chi connectivity index (χ1) is 9.21. The maximum absolute atomic E-state index is 12.3. The Hall–Kier alpha value is -1.38. The second kappa shape index (κ2) is 5.07. The minimum atomic E-state index is -7.15. The van der Waals surface area contributed by atoms with Crippen LogP contribution in [0.25, 0.3) is 0 Å². The summed E-state index contributed by atoms with van der Waals surface area (Å²) in [6, 6.07) is -13.7. The summed E-state index contributed by atoms with van der Waals surface area (Å²) < 4.78 is 167. The van der Waals surface area contributed by atoms with E-state index in [1.54, 1.807) is 0 Å². The number of hydrogen-bond acceptors (Lipinski definition) is 2. The SMILES string of the molecule is FC(F)(F)C(F)(F)C(F)(F)N=NC(F)(F)C(F)(F)C(F)(F)F. The van der Waals surface area contributed by atoms with Gasteiger partial charge in [0.25, 0.3) is 0 Å². The molecular formula is C6F14N2. The fourth-order valence-electron chi connectivity index (χ4n) is 0.592. The normalized spacial score (nSPS) is 16.5. The molecule has 0 N–H and O–H groups in total. The molecule has 0 aliphatic carbocycles. The molecule has 132 valence electrons. The van der Waals surface area contributed by atoms with E-state index in [2.05, 4.69) is 0 Å². The molecular weight excluding hydrogens is 366 g/mol. The van der Waals surface area contributed by atoms with Crippen molar-refractivity contribution < 1.29 is 61.5 Å². The summed E-state index contributed by atoms with van der Waals surface area (Å²) in [7, 11) is 0. The van der Waals surface area contributed by atoms with Gasteiger partial charge in [0, 0.05) is 0 Å². The highest BCUT2D eigenvalue weighted by Gasteiger charge is 2.77. The van der Waals surface area contributed by atoms with E-state index in [9.17, 15) is 61.5 Å². The summed E-state index contributed by atoms with van der Waals surface area (Å²) >= 11 is 0. The number of hydrogen-bond donors (Lipinski definition) is 0. The fraction of sp³-hybridized carbons (Fsp3) is 1.00. The predicted octanol–water partition coefficient (Wildman–Crippen LogP) is 5.02. The van der Waals surface area contributed by atoms with Crippen molar-refractivity contribution in [2.75, 3.05) is 0 Å². The van der Waals surface area contributed by atoms with Crippen molar-refractivity contribution in [3.05, 3.63) is 0 Å². The highest BCUT2D eigenvalue weighted by atomic mass is 19.4. The van der Waals surface area contributed by atoms with Crippen LogP contribution in [0.1, 0.15) is 0 Å². The molecule has 0 bridgehead atoms. The molecule has 0 radical (unpaired) electrons. The van der Waals surface area contributed by atoms with Crippen LogP contribution in [-0.4, -0.2) is 36.3 Å². The third-order valence-corrected chi connectivity index (χ3v) is 1.77. The van der Waals surface area contributed by atoms with E-state index in [1.807, 2.05) is 0 Å². The lowest BCUT2D eigenvalue weighted by molar-refractivity contribution is -0.364. The average Bonchev–Trinajstić information content (AvgIpc) is 2.23. The summed E-state index contributed by atoms with van der Waals surface area (Å²) in [5.41, 5.74) is 0. The van der Waals surface area contributed by atoms with Crippen molar-refractivity contribution in [1.82, 2.24) is 0 Å². The van der Waals surface area contributed by atoms with Gasteiger partial charge in [-0.25, -0.2) is 0 Å². The van der Waals surface area contributed by atoms with Crippen molar-refractivity contribution in [3.63, 3.8) is 0 Å². The minimum absolute atomic E-state index is 0.337. The van der Waals surface area contributed by atoms with Crippen molar-refractivity contribution in [2.45, 2.75) is 36.3 Å². The van der Waals surface area contributed by atoms with Gasteiger partial charge in [0.05, 0.1) is 0 Å². The molecule has 0 aliphatic heterocycles. The molecule has 0 fully saturated rings. The first-order valence-electron chi connectivity index (χ1n) is 4.29. The van der Waals surface area contributed by atoms with Crippen LogP contribution in [0.2, 0.25) is 0 Å². The molecule has 0 rings (SSSR count). The van der Waals surface area contributed by atoms with Crippen molar-refractivity contribution in [1.29, 1.82) is 0 Å². The zero-order valence-electron chi connectivity index (χ0n) is 9.19. The lowest BCUT2D eigenvalue weighted by Gasteiger charge is -2.26. The van der Waals surface area contributed by atoms with E-state index < -0.39 is 36.3 Å². The largest absolute Gasteiger partial charge is 0.462 e. The third-order valence-electron chi connectivity index (χ3n) is 1.77. The lowest BCUT2D eigenvalue weighted by atomic mass is 10.2. The Morgan fingerprint density at radius 3 is 0.682 bits per heavy atom. The summed E-state index contributed by atoms with van der Waals surface area (Å²) in [5.74, 6) is -14.3. The van der Waals surface area contributed by atoms with Gasteiger partial charge in [-0.15, -0.1) is 10.2 Å². The van der Waals surface area contributed by atoms with Crippen LogP contribution < -0.4 is 0 Å². The molecule has 0 spiro atoms. The smallest absolute Gasteiger partial charge is 0.187 e. The van der Waals surface area contributed by atoms with E-state index in [0.29, 0.717) is 10.2 Å². The highest BCUT2D eigenvalue weighted by molar-refractivity contribution is 4.92. The number of rotatable bonds is 4. The highest BCUT2D eigenvalue weighted by Crippen LogP contribution is 2.50. The molecule has 16 heteroatoms. The zero-order valence-corrected chi connectivity index (χ0v) is 9.19. The van der Waals surface area contributed by atoms with E-state index in [4.69, 9.17) is 0 Å². The second-order valence-electron chi connectivity index (χ2n) is 3.43. The van der Waals surface area contributed by atoms with Gasteiger partial charge in [-0.3, -0.25) is 0 Å². The molecule has 22 heavy (non-hydrogen) atoms. The second-order valence-corrected chi connectivity index (χ2v) is 3.43. The molecule has 0 heterocycles. The molecule has 0 aromatic carbocycles. The Bertz CT molecular complexity index is 388. The van der Waals surface area contributed by atoms with Crippen molar-refractivity contribution in [2.24, 2.45) is 10.2 Å². The van der Waals surface area contributed by atoms with Crippen LogP contribution in [0.3, 0.4) is 0 Å². The third kappa shape index (κ3) is 3.34. The van der Waals surface area contributed by atoms with Gasteiger partial charge in [0.15, 0.2) is 0 Å². The quantitative estimate of drug-likeness (QED) is 0.379. The van der Waals surface area contributed by atoms with Crippen LogP contribution in [0, 0.1) is 0 Å². The minimum Gasteiger partial charge on any atom is -0.187 e. The van der Waals surface area contributed by atoms with Crippen molar-refractivity contribution in [3.8, 4) is 0 Å². The van der Waals surface area contributed by atoms with E-state index in [0.717, 1.165) is 0 Å². The molecule has 0 aromatic heterocycles. The predicted molar refractivity (Wildman–Crippen MR) is 36.8 cm³/mol. The fourth-order valence-corrected chi connectivity index (χ4v) is 0.592. The standard InChI is InChI=1S/C6F14N2/c7-1(8,3(11,12)13)5(17,18)21-22-6(19,20)2(9,10)4(14,15)16. The van der Waals surface area contributed by atoms with Gasteiger partial charge < -0.3 is 0 Å². The molecule has 0 saturated heterocycles. The average molecular weight is 366 g/mol. The van der Waals surface area contributed by atoms with Crippen molar-refractivity contribution >= 4 is 0 Å². The Labute approximate surface area is 109 Å². The molecule has 0 atom stereocenters. The van der Waals surface area contributed by atoms with Gasteiger partial charge in [-0.1, -0.05) is 0 Å². The number of nitrogens with zero attached hydrogens (tertiary/aromatic N) is 2. The topological polar surface area (TPSA) is 24.7 Å².